The van der Waals surface area contributed by atoms with Gasteiger partial charge in [0.25, 0.3) is 12.3 Å². The average Bonchev–Trinajstić information content (AvgIpc) is 2.40. The van der Waals surface area contributed by atoms with Gasteiger partial charge in [-0.25, -0.2) is 8.78 Å². The highest BCUT2D eigenvalue weighted by Crippen LogP contribution is 2.17. The number of alkyl halides is 2. The zero-order valence-corrected chi connectivity index (χ0v) is 11.7. The van der Waals surface area contributed by atoms with Gasteiger partial charge in [-0.2, -0.15) is 0 Å². The summed E-state index contributed by atoms with van der Waals surface area (Å²) in [7, 11) is 0. The minimum atomic E-state index is -2.48. The summed E-state index contributed by atoms with van der Waals surface area (Å²) in [4.78, 5) is 12.0. The zero-order valence-electron chi connectivity index (χ0n) is 11.7. The third-order valence-corrected chi connectivity index (χ3v) is 2.56. The van der Waals surface area contributed by atoms with Crippen molar-refractivity contribution in [1.29, 1.82) is 0 Å². The predicted octanol–water partition coefficient (Wildman–Crippen LogP) is 2.44. The molecule has 0 aliphatic heterocycles. The summed E-state index contributed by atoms with van der Waals surface area (Å²) in [6.45, 7) is 4.21. The van der Waals surface area contributed by atoms with Crippen molar-refractivity contribution in [3.05, 3.63) is 29.3 Å². The standard InChI is InChI=1S/C14H20F2N2O2/c1-3-17-12-5-4-10(2)8-11(12)14(19)18-6-7-20-9-13(15)16/h4-5,8,13,17H,3,6-7,9H2,1-2H3,(H,18,19). The van der Waals surface area contributed by atoms with Crippen LogP contribution >= 0.6 is 0 Å². The van der Waals surface area contributed by atoms with Crippen LogP contribution in [0, 0.1) is 6.92 Å². The molecule has 1 aromatic rings. The number of amides is 1. The van der Waals surface area contributed by atoms with E-state index in [2.05, 4.69) is 10.6 Å². The van der Waals surface area contributed by atoms with Crippen molar-refractivity contribution in [2.24, 2.45) is 0 Å². The van der Waals surface area contributed by atoms with Gasteiger partial charge in [-0.1, -0.05) is 11.6 Å². The first-order valence-electron chi connectivity index (χ1n) is 6.53. The number of ether oxygens (including phenoxy) is 1. The smallest absolute Gasteiger partial charge is 0.261 e. The van der Waals surface area contributed by atoms with E-state index in [0.29, 0.717) is 12.1 Å². The van der Waals surface area contributed by atoms with Gasteiger partial charge in [-0.15, -0.1) is 0 Å². The van der Waals surface area contributed by atoms with Crippen LogP contribution in [0.15, 0.2) is 18.2 Å². The number of aryl methyl sites for hydroxylation is 1. The summed E-state index contributed by atoms with van der Waals surface area (Å²) >= 11 is 0. The highest BCUT2D eigenvalue weighted by molar-refractivity contribution is 5.99. The molecule has 1 rings (SSSR count). The molecule has 0 aromatic heterocycles. The summed E-state index contributed by atoms with van der Waals surface area (Å²) in [6.07, 6.45) is -2.48. The SMILES string of the molecule is CCNc1ccc(C)cc1C(=O)NCCOCC(F)F. The van der Waals surface area contributed by atoms with E-state index in [-0.39, 0.29) is 19.1 Å². The molecule has 0 heterocycles. The van der Waals surface area contributed by atoms with Crippen molar-refractivity contribution in [1.82, 2.24) is 5.32 Å². The number of benzene rings is 1. The van der Waals surface area contributed by atoms with Gasteiger partial charge in [0.05, 0.1) is 12.2 Å². The molecule has 2 N–H and O–H groups in total. The maximum Gasteiger partial charge on any atom is 0.261 e. The number of anilines is 1. The van der Waals surface area contributed by atoms with E-state index in [4.69, 9.17) is 4.74 Å². The fraction of sp³-hybridized carbons (Fsp3) is 0.500. The summed E-state index contributed by atoms with van der Waals surface area (Å²) < 4.78 is 28.4. The second kappa shape index (κ2) is 8.47. The Morgan fingerprint density at radius 1 is 1.40 bits per heavy atom. The molecule has 1 aromatic carbocycles. The minimum Gasteiger partial charge on any atom is -0.385 e. The number of nitrogens with one attached hydrogen (secondary N) is 2. The number of carbonyl (C=O) groups excluding carboxylic acids is 1. The number of halogens is 2. The topological polar surface area (TPSA) is 50.4 Å². The first-order valence-corrected chi connectivity index (χ1v) is 6.53. The lowest BCUT2D eigenvalue weighted by Gasteiger charge is -2.12. The fourth-order valence-corrected chi connectivity index (χ4v) is 1.69. The van der Waals surface area contributed by atoms with Crippen LogP contribution in [0.3, 0.4) is 0 Å². The molecule has 0 aliphatic rings. The molecule has 0 unspecified atom stereocenters. The van der Waals surface area contributed by atoms with Gasteiger partial charge in [0, 0.05) is 18.8 Å². The molecule has 20 heavy (non-hydrogen) atoms. The third-order valence-electron chi connectivity index (χ3n) is 2.56. The van der Waals surface area contributed by atoms with E-state index in [9.17, 15) is 13.6 Å². The van der Waals surface area contributed by atoms with Gasteiger partial charge in [0.1, 0.15) is 6.61 Å². The van der Waals surface area contributed by atoms with Gasteiger partial charge in [-0.05, 0) is 26.0 Å². The minimum absolute atomic E-state index is 0.0679. The van der Waals surface area contributed by atoms with E-state index >= 15 is 0 Å². The van der Waals surface area contributed by atoms with Crippen molar-refractivity contribution in [3.8, 4) is 0 Å². The van der Waals surface area contributed by atoms with Crippen LogP contribution in [-0.4, -0.2) is 38.6 Å². The Bertz CT molecular complexity index is 439. The van der Waals surface area contributed by atoms with Crippen LogP contribution < -0.4 is 10.6 Å². The molecule has 112 valence electrons. The first-order chi connectivity index (χ1) is 9.54. The van der Waals surface area contributed by atoms with Crippen LogP contribution in [0.1, 0.15) is 22.8 Å². The molecular formula is C14H20F2N2O2. The molecule has 0 spiro atoms. The number of hydrogen-bond donors (Lipinski definition) is 2. The number of rotatable bonds is 8. The fourth-order valence-electron chi connectivity index (χ4n) is 1.69. The van der Waals surface area contributed by atoms with Crippen molar-refractivity contribution in [3.63, 3.8) is 0 Å². The third kappa shape index (κ3) is 5.52. The second-order valence-electron chi connectivity index (χ2n) is 4.30. The maximum absolute atomic E-state index is 12.0. The van der Waals surface area contributed by atoms with Crippen molar-refractivity contribution in [2.75, 3.05) is 31.6 Å². The monoisotopic (exact) mass is 286 g/mol. The molecule has 0 aliphatic carbocycles. The molecular weight excluding hydrogens is 266 g/mol. The largest absolute Gasteiger partial charge is 0.385 e. The van der Waals surface area contributed by atoms with Gasteiger partial charge >= 0.3 is 0 Å². The van der Waals surface area contributed by atoms with E-state index in [0.717, 1.165) is 11.3 Å². The van der Waals surface area contributed by atoms with Gasteiger partial charge in [0.2, 0.25) is 0 Å². The van der Waals surface area contributed by atoms with Crippen LogP contribution in [0.25, 0.3) is 0 Å². The van der Waals surface area contributed by atoms with Gasteiger partial charge in [-0.3, -0.25) is 4.79 Å². The highest BCUT2D eigenvalue weighted by Gasteiger charge is 2.11. The summed E-state index contributed by atoms with van der Waals surface area (Å²) in [5.41, 5.74) is 2.27. The number of carbonyl (C=O) groups is 1. The lowest BCUT2D eigenvalue weighted by atomic mass is 10.1. The predicted molar refractivity (Wildman–Crippen MR) is 74.5 cm³/mol. The van der Waals surface area contributed by atoms with E-state index in [1.807, 2.05) is 26.0 Å². The first kappa shape index (κ1) is 16.4. The Morgan fingerprint density at radius 3 is 2.80 bits per heavy atom. The lowest BCUT2D eigenvalue weighted by Crippen LogP contribution is -2.28. The molecule has 1 amide bonds. The molecule has 4 nitrogen and oxygen atoms in total. The summed E-state index contributed by atoms with van der Waals surface area (Å²) in [6, 6.07) is 5.55. The Morgan fingerprint density at radius 2 is 2.15 bits per heavy atom. The molecule has 0 saturated carbocycles. The average molecular weight is 286 g/mol. The lowest BCUT2D eigenvalue weighted by molar-refractivity contribution is 0.0188. The summed E-state index contributed by atoms with van der Waals surface area (Å²) in [5, 5.41) is 5.76. The van der Waals surface area contributed by atoms with Crippen LogP contribution in [0.5, 0.6) is 0 Å². The molecule has 6 heteroatoms. The van der Waals surface area contributed by atoms with Crippen molar-refractivity contribution < 1.29 is 18.3 Å². The van der Waals surface area contributed by atoms with Gasteiger partial charge in [0.15, 0.2) is 0 Å². The molecule has 0 atom stereocenters. The van der Waals surface area contributed by atoms with E-state index in [1.165, 1.54) is 0 Å². The van der Waals surface area contributed by atoms with Crippen LogP contribution in [0.2, 0.25) is 0 Å². The molecule has 0 fully saturated rings. The maximum atomic E-state index is 12.0. The Labute approximate surface area is 117 Å². The Hall–Kier alpha value is -1.69. The molecule has 0 radical (unpaired) electrons. The molecule has 0 saturated heterocycles. The normalized spacial score (nSPS) is 10.7. The van der Waals surface area contributed by atoms with Crippen LogP contribution in [-0.2, 0) is 4.74 Å². The van der Waals surface area contributed by atoms with Gasteiger partial charge < -0.3 is 15.4 Å². The van der Waals surface area contributed by atoms with E-state index < -0.39 is 13.0 Å². The summed E-state index contributed by atoms with van der Waals surface area (Å²) in [5.74, 6) is -0.245. The van der Waals surface area contributed by atoms with Crippen molar-refractivity contribution >= 4 is 11.6 Å². The van der Waals surface area contributed by atoms with Crippen LogP contribution in [0.4, 0.5) is 14.5 Å². The van der Waals surface area contributed by atoms with Crippen molar-refractivity contribution in [2.45, 2.75) is 20.3 Å². The number of hydrogen-bond acceptors (Lipinski definition) is 3. The Kier molecular flexibility index (Phi) is 6.93. The highest BCUT2D eigenvalue weighted by atomic mass is 19.3. The second-order valence-corrected chi connectivity index (χ2v) is 4.30. The molecule has 0 bridgehead atoms. The Balaban J connectivity index is 2.52. The van der Waals surface area contributed by atoms with E-state index in [1.54, 1.807) is 6.07 Å². The zero-order chi connectivity index (χ0) is 15.0. The quantitative estimate of drug-likeness (QED) is 0.722.